The lowest BCUT2D eigenvalue weighted by molar-refractivity contribution is -0.384. The molecule has 0 saturated carbocycles. The maximum Gasteiger partial charge on any atom is 0.270 e. The van der Waals surface area contributed by atoms with E-state index in [0.29, 0.717) is 11.1 Å². The van der Waals surface area contributed by atoms with Gasteiger partial charge in [-0.2, -0.15) is 0 Å². The van der Waals surface area contributed by atoms with E-state index in [2.05, 4.69) is 0 Å². The van der Waals surface area contributed by atoms with Crippen LogP contribution < -0.4 is 0 Å². The second-order valence-corrected chi connectivity index (χ2v) is 5.08. The summed E-state index contributed by atoms with van der Waals surface area (Å²) in [6, 6.07) is 19.4. The van der Waals surface area contributed by atoms with E-state index < -0.39 is 4.92 Å². The number of ketones is 1. The van der Waals surface area contributed by atoms with Crippen LogP contribution in [0.1, 0.15) is 15.9 Å². The van der Waals surface area contributed by atoms with Crippen molar-refractivity contribution in [3.63, 3.8) is 0 Å². The Bertz CT molecular complexity index is 923. The van der Waals surface area contributed by atoms with Crippen LogP contribution in [0.15, 0.2) is 72.8 Å². The lowest BCUT2D eigenvalue weighted by Crippen LogP contribution is -1.95. The number of rotatable bonds is 4. The summed E-state index contributed by atoms with van der Waals surface area (Å²) in [5.74, 6) is -0.131. The van der Waals surface area contributed by atoms with E-state index in [1.807, 2.05) is 36.4 Å². The van der Waals surface area contributed by atoms with Gasteiger partial charge in [0, 0.05) is 17.7 Å². The van der Waals surface area contributed by atoms with Gasteiger partial charge in [-0.15, -0.1) is 0 Å². The Labute approximate surface area is 132 Å². The Hall–Kier alpha value is -3.27. The molecule has 0 saturated heterocycles. The predicted molar refractivity (Wildman–Crippen MR) is 90.4 cm³/mol. The molecule has 4 heteroatoms. The molecule has 0 fully saturated rings. The SMILES string of the molecule is O=C(C=Cc1cccc([N+](=O)[O-])c1)c1cccc2ccccc12. The fourth-order valence-corrected chi connectivity index (χ4v) is 2.44. The van der Waals surface area contributed by atoms with Gasteiger partial charge in [-0.3, -0.25) is 14.9 Å². The molecule has 0 atom stereocenters. The minimum Gasteiger partial charge on any atom is -0.289 e. The number of carbonyl (C=O) groups is 1. The summed E-state index contributed by atoms with van der Waals surface area (Å²) < 4.78 is 0. The first-order valence-corrected chi connectivity index (χ1v) is 7.10. The van der Waals surface area contributed by atoms with Gasteiger partial charge in [0.25, 0.3) is 5.69 Å². The average molecular weight is 303 g/mol. The molecule has 0 amide bonds. The standard InChI is InChI=1S/C19H13NO3/c21-19(12-11-14-5-3-8-16(13-14)20(22)23)18-10-4-7-15-6-1-2-9-17(15)18/h1-13H. The van der Waals surface area contributed by atoms with Crippen molar-refractivity contribution in [1.82, 2.24) is 0 Å². The molecule has 112 valence electrons. The maximum atomic E-state index is 12.4. The van der Waals surface area contributed by atoms with Gasteiger partial charge in [0.15, 0.2) is 5.78 Å². The van der Waals surface area contributed by atoms with Crippen molar-refractivity contribution in [1.29, 1.82) is 0 Å². The molecule has 3 rings (SSSR count). The minimum atomic E-state index is -0.454. The predicted octanol–water partition coefficient (Wildman–Crippen LogP) is 4.64. The second-order valence-electron chi connectivity index (χ2n) is 5.08. The lowest BCUT2D eigenvalue weighted by atomic mass is 10.0. The van der Waals surface area contributed by atoms with E-state index in [0.717, 1.165) is 10.8 Å². The van der Waals surface area contributed by atoms with Crippen molar-refractivity contribution in [2.24, 2.45) is 0 Å². The molecule has 0 aliphatic rings. The van der Waals surface area contributed by atoms with Gasteiger partial charge in [0.2, 0.25) is 0 Å². The molecule has 0 aliphatic carbocycles. The van der Waals surface area contributed by atoms with Crippen molar-refractivity contribution in [2.45, 2.75) is 0 Å². The maximum absolute atomic E-state index is 12.4. The van der Waals surface area contributed by atoms with Crippen molar-refractivity contribution < 1.29 is 9.72 Å². The molecular formula is C19H13NO3. The number of nitrogens with zero attached hydrogens (tertiary/aromatic N) is 1. The molecule has 0 bridgehead atoms. The largest absolute Gasteiger partial charge is 0.289 e. The summed E-state index contributed by atoms with van der Waals surface area (Å²) in [4.78, 5) is 22.7. The van der Waals surface area contributed by atoms with Crippen LogP contribution >= 0.6 is 0 Å². The summed E-state index contributed by atoms with van der Waals surface area (Å²) in [5, 5.41) is 12.7. The van der Waals surface area contributed by atoms with Crippen molar-refractivity contribution in [2.75, 3.05) is 0 Å². The van der Waals surface area contributed by atoms with E-state index in [1.54, 1.807) is 24.3 Å². The highest BCUT2D eigenvalue weighted by atomic mass is 16.6. The third-order valence-corrected chi connectivity index (χ3v) is 3.56. The summed E-state index contributed by atoms with van der Waals surface area (Å²) >= 11 is 0. The van der Waals surface area contributed by atoms with E-state index in [4.69, 9.17) is 0 Å². The van der Waals surface area contributed by atoms with Gasteiger partial charge in [0.05, 0.1) is 4.92 Å². The summed E-state index contributed by atoms with van der Waals surface area (Å²) in [5.41, 5.74) is 1.24. The van der Waals surface area contributed by atoms with Crippen LogP contribution in [-0.4, -0.2) is 10.7 Å². The van der Waals surface area contributed by atoms with E-state index in [9.17, 15) is 14.9 Å². The first-order chi connectivity index (χ1) is 11.1. The van der Waals surface area contributed by atoms with Crippen LogP contribution in [0, 0.1) is 10.1 Å². The van der Waals surface area contributed by atoms with Crippen molar-refractivity contribution in [3.8, 4) is 0 Å². The molecule has 23 heavy (non-hydrogen) atoms. The number of allylic oxidation sites excluding steroid dienone is 1. The molecule has 0 N–H and O–H groups in total. The highest BCUT2D eigenvalue weighted by Crippen LogP contribution is 2.20. The Morgan fingerprint density at radius 1 is 0.957 bits per heavy atom. The van der Waals surface area contributed by atoms with Crippen LogP contribution in [0.4, 0.5) is 5.69 Å². The summed E-state index contributed by atoms with van der Waals surface area (Å²) in [6.07, 6.45) is 3.04. The van der Waals surface area contributed by atoms with Crippen molar-refractivity contribution in [3.05, 3.63) is 94.0 Å². The van der Waals surface area contributed by atoms with Gasteiger partial charge in [-0.1, -0.05) is 60.7 Å². The van der Waals surface area contributed by atoms with Gasteiger partial charge in [-0.25, -0.2) is 0 Å². The molecule has 0 spiro atoms. The van der Waals surface area contributed by atoms with E-state index in [-0.39, 0.29) is 11.5 Å². The Kier molecular flexibility index (Phi) is 3.97. The molecule has 0 aromatic heterocycles. The average Bonchev–Trinajstić information content (AvgIpc) is 2.59. The quantitative estimate of drug-likeness (QED) is 0.305. The molecule has 0 radical (unpaired) electrons. The first-order valence-electron chi connectivity index (χ1n) is 7.10. The Morgan fingerprint density at radius 2 is 1.70 bits per heavy atom. The van der Waals surface area contributed by atoms with Crippen LogP contribution in [0.3, 0.4) is 0 Å². The number of nitro groups is 1. The van der Waals surface area contributed by atoms with Gasteiger partial charge in [0.1, 0.15) is 0 Å². The molecule has 3 aromatic carbocycles. The van der Waals surface area contributed by atoms with Crippen molar-refractivity contribution >= 4 is 28.3 Å². The fraction of sp³-hybridized carbons (Fsp3) is 0. The molecule has 0 aliphatic heterocycles. The molecule has 4 nitrogen and oxygen atoms in total. The second kappa shape index (κ2) is 6.23. The van der Waals surface area contributed by atoms with Crippen LogP contribution in [0.25, 0.3) is 16.8 Å². The van der Waals surface area contributed by atoms with Gasteiger partial charge >= 0.3 is 0 Å². The van der Waals surface area contributed by atoms with E-state index >= 15 is 0 Å². The number of hydrogen-bond acceptors (Lipinski definition) is 3. The lowest BCUT2D eigenvalue weighted by Gasteiger charge is -2.02. The Morgan fingerprint density at radius 3 is 2.52 bits per heavy atom. The number of carbonyl (C=O) groups excluding carboxylic acids is 1. The number of nitro benzene ring substituents is 1. The first kappa shape index (κ1) is 14.7. The smallest absolute Gasteiger partial charge is 0.270 e. The third-order valence-electron chi connectivity index (χ3n) is 3.56. The number of non-ortho nitro benzene ring substituents is 1. The highest BCUT2D eigenvalue weighted by molar-refractivity contribution is 6.14. The van der Waals surface area contributed by atoms with Gasteiger partial charge < -0.3 is 0 Å². The van der Waals surface area contributed by atoms with Crippen LogP contribution in [-0.2, 0) is 0 Å². The zero-order valence-electron chi connectivity index (χ0n) is 12.2. The molecule has 0 unspecified atom stereocenters. The molecular weight excluding hydrogens is 290 g/mol. The topological polar surface area (TPSA) is 60.2 Å². The fourth-order valence-electron chi connectivity index (χ4n) is 2.44. The number of hydrogen-bond donors (Lipinski definition) is 0. The van der Waals surface area contributed by atoms with Gasteiger partial charge in [-0.05, 0) is 22.4 Å². The molecule has 0 heterocycles. The summed E-state index contributed by atoms with van der Waals surface area (Å²) in [7, 11) is 0. The highest BCUT2D eigenvalue weighted by Gasteiger charge is 2.07. The zero-order chi connectivity index (χ0) is 16.2. The normalized spacial score (nSPS) is 11.0. The number of benzene rings is 3. The molecule has 3 aromatic rings. The zero-order valence-corrected chi connectivity index (χ0v) is 12.2. The number of fused-ring (bicyclic) bond motifs is 1. The third kappa shape index (κ3) is 3.16. The van der Waals surface area contributed by atoms with Crippen LogP contribution in [0.2, 0.25) is 0 Å². The minimum absolute atomic E-state index is 0.00441. The monoisotopic (exact) mass is 303 g/mol. The van der Waals surface area contributed by atoms with Crippen LogP contribution in [0.5, 0.6) is 0 Å². The Balaban J connectivity index is 1.92. The van der Waals surface area contributed by atoms with E-state index in [1.165, 1.54) is 18.2 Å². The summed E-state index contributed by atoms with van der Waals surface area (Å²) in [6.45, 7) is 0.